The smallest absolute Gasteiger partial charge is 0.231 e. The summed E-state index contributed by atoms with van der Waals surface area (Å²) in [5, 5.41) is 4.11. The van der Waals surface area contributed by atoms with Gasteiger partial charge in [0.2, 0.25) is 5.89 Å². The Bertz CT molecular complexity index is 656. The maximum absolute atomic E-state index is 13.3. The molecule has 1 aliphatic heterocycles. The molecule has 0 saturated carbocycles. The third-order valence-corrected chi connectivity index (χ3v) is 4.54. The van der Waals surface area contributed by atoms with E-state index < -0.39 is 0 Å². The molecule has 0 amide bonds. The summed E-state index contributed by atoms with van der Waals surface area (Å²) in [6, 6.07) is 6.88. The van der Waals surface area contributed by atoms with Gasteiger partial charge in [0.25, 0.3) is 0 Å². The van der Waals surface area contributed by atoms with Crippen molar-refractivity contribution in [3.05, 3.63) is 47.4 Å². The fourth-order valence-corrected chi connectivity index (χ4v) is 3.32. The highest BCUT2D eigenvalue weighted by Crippen LogP contribution is 2.26. The van der Waals surface area contributed by atoms with Crippen molar-refractivity contribution >= 4 is 0 Å². The normalized spacial score (nSPS) is 19.1. The Morgan fingerprint density at radius 3 is 3.04 bits per heavy atom. The number of benzene rings is 1. The van der Waals surface area contributed by atoms with Crippen LogP contribution in [0.5, 0.6) is 0 Å². The van der Waals surface area contributed by atoms with Crippen LogP contribution in [0.3, 0.4) is 0 Å². The minimum Gasteiger partial charge on any atom is -0.339 e. The Balaban J connectivity index is 1.55. The second kappa shape index (κ2) is 7.88. The van der Waals surface area contributed by atoms with Gasteiger partial charge in [-0.1, -0.05) is 31.1 Å². The standard InChI is InChI=1S/C19H26FN3O/c1-14(2)11-18-21-19(24-22-18)16-6-4-9-23(13-16)10-8-15-5-3-7-17(20)12-15/h3,5,7,12,14,16H,4,6,8-11,13H2,1-2H3. The summed E-state index contributed by atoms with van der Waals surface area (Å²) >= 11 is 0. The van der Waals surface area contributed by atoms with Gasteiger partial charge in [-0.2, -0.15) is 4.98 Å². The van der Waals surface area contributed by atoms with Gasteiger partial charge in [0, 0.05) is 19.5 Å². The van der Waals surface area contributed by atoms with Crippen molar-refractivity contribution < 1.29 is 8.91 Å². The first-order chi connectivity index (χ1) is 11.6. The van der Waals surface area contributed by atoms with Crippen LogP contribution in [0.15, 0.2) is 28.8 Å². The van der Waals surface area contributed by atoms with Crippen LogP contribution >= 0.6 is 0 Å². The van der Waals surface area contributed by atoms with E-state index in [9.17, 15) is 4.39 Å². The molecule has 1 aromatic carbocycles. The Labute approximate surface area is 143 Å². The molecule has 1 atom stereocenters. The molecule has 0 aliphatic carbocycles. The van der Waals surface area contributed by atoms with Crippen molar-refractivity contribution in [1.82, 2.24) is 15.0 Å². The lowest BCUT2D eigenvalue weighted by molar-refractivity contribution is 0.188. The molecule has 24 heavy (non-hydrogen) atoms. The van der Waals surface area contributed by atoms with Gasteiger partial charge < -0.3 is 9.42 Å². The molecule has 2 heterocycles. The minimum absolute atomic E-state index is 0.160. The third-order valence-electron chi connectivity index (χ3n) is 4.54. The SMILES string of the molecule is CC(C)Cc1noc(C2CCCN(CCc3cccc(F)c3)C2)n1. The van der Waals surface area contributed by atoms with Gasteiger partial charge in [0.1, 0.15) is 5.82 Å². The average molecular weight is 331 g/mol. The summed E-state index contributed by atoms with van der Waals surface area (Å²) in [5.41, 5.74) is 1.05. The lowest BCUT2D eigenvalue weighted by Gasteiger charge is -2.30. The van der Waals surface area contributed by atoms with E-state index >= 15 is 0 Å². The molecule has 0 N–H and O–H groups in total. The van der Waals surface area contributed by atoms with Crippen molar-refractivity contribution in [1.29, 1.82) is 0 Å². The first-order valence-electron chi connectivity index (χ1n) is 8.89. The van der Waals surface area contributed by atoms with Crippen LogP contribution in [-0.2, 0) is 12.8 Å². The number of nitrogens with zero attached hydrogens (tertiary/aromatic N) is 3. The molecule has 1 saturated heterocycles. The predicted molar refractivity (Wildman–Crippen MR) is 91.4 cm³/mol. The number of hydrogen-bond acceptors (Lipinski definition) is 4. The molecule has 0 bridgehead atoms. The largest absolute Gasteiger partial charge is 0.339 e. The van der Waals surface area contributed by atoms with E-state index in [1.54, 1.807) is 12.1 Å². The first-order valence-corrected chi connectivity index (χ1v) is 8.89. The van der Waals surface area contributed by atoms with Gasteiger partial charge in [0.05, 0.1) is 5.92 Å². The van der Waals surface area contributed by atoms with Crippen LogP contribution in [0.1, 0.15) is 49.9 Å². The molecule has 2 aromatic rings. The minimum atomic E-state index is -0.160. The highest BCUT2D eigenvalue weighted by Gasteiger charge is 2.25. The topological polar surface area (TPSA) is 42.2 Å². The van der Waals surface area contributed by atoms with Crippen LogP contribution in [0, 0.1) is 11.7 Å². The van der Waals surface area contributed by atoms with Gasteiger partial charge in [0.15, 0.2) is 5.82 Å². The van der Waals surface area contributed by atoms with Crippen molar-refractivity contribution in [3.8, 4) is 0 Å². The van der Waals surface area contributed by atoms with E-state index in [1.807, 2.05) is 6.07 Å². The van der Waals surface area contributed by atoms with Gasteiger partial charge in [-0.25, -0.2) is 4.39 Å². The molecule has 4 nitrogen and oxygen atoms in total. The Hall–Kier alpha value is -1.75. The predicted octanol–water partition coefficient (Wildman–Crippen LogP) is 3.83. The summed E-state index contributed by atoms with van der Waals surface area (Å²) < 4.78 is 18.8. The molecule has 3 rings (SSSR count). The Kier molecular flexibility index (Phi) is 5.61. The molecule has 1 aromatic heterocycles. The molecule has 1 fully saturated rings. The molecular weight excluding hydrogens is 305 g/mol. The van der Waals surface area contributed by atoms with Crippen LogP contribution in [0.25, 0.3) is 0 Å². The number of likely N-dealkylation sites (tertiary alicyclic amines) is 1. The van der Waals surface area contributed by atoms with E-state index in [0.717, 1.165) is 62.6 Å². The second-order valence-electron chi connectivity index (χ2n) is 7.17. The zero-order chi connectivity index (χ0) is 16.9. The zero-order valence-electron chi connectivity index (χ0n) is 14.5. The third kappa shape index (κ3) is 4.63. The molecule has 5 heteroatoms. The lowest BCUT2D eigenvalue weighted by atomic mass is 9.97. The summed E-state index contributed by atoms with van der Waals surface area (Å²) in [5.74, 6) is 2.29. The average Bonchev–Trinajstić information content (AvgIpc) is 3.01. The van der Waals surface area contributed by atoms with Crippen molar-refractivity contribution in [2.45, 2.75) is 45.4 Å². The van der Waals surface area contributed by atoms with E-state index in [1.165, 1.54) is 6.07 Å². The highest BCUT2D eigenvalue weighted by molar-refractivity contribution is 5.16. The van der Waals surface area contributed by atoms with Crippen molar-refractivity contribution in [2.75, 3.05) is 19.6 Å². The number of rotatable bonds is 6. The molecule has 130 valence electrons. The van der Waals surface area contributed by atoms with Gasteiger partial charge >= 0.3 is 0 Å². The van der Waals surface area contributed by atoms with E-state index in [-0.39, 0.29) is 5.82 Å². The summed E-state index contributed by atoms with van der Waals surface area (Å²) in [4.78, 5) is 7.01. The molecular formula is C19H26FN3O. The van der Waals surface area contributed by atoms with Crippen LogP contribution < -0.4 is 0 Å². The van der Waals surface area contributed by atoms with Crippen molar-refractivity contribution in [3.63, 3.8) is 0 Å². The fraction of sp³-hybridized carbons (Fsp3) is 0.579. The van der Waals surface area contributed by atoms with Crippen LogP contribution in [0.4, 0.5) is 4.39 Å². The maximum Gasteiger partial charge on any atom is 0.231 e. The number of hydrogen-bond donors (Lipinski definition) is 0. The molecule has 1 unspecified atom stereocenters. The summed E-state index contributed by atoms with van der Waals surface area (Å²) in [7, 11) is 0. The Morgan fingerprint density at radius 2 is 2.25 bits per heavy atom. The van der Waals surface area contributed by atoms with Crippen LogP contribution in [-0.4, -0.2) is 34.7 Å². The van der Waals surface area contributed by atoms with Crippen molar-refractivity contribution in [2.24, 2.45) is 5.92 Å². The summed E-state index contributed by atoms with van der Waals surface area (Å²) in [6.07, 6.45) is 3.96. The maximum atomic E-state index is 13.3. The van der Waals surface area contributed by atoms with Gasteiger partial charge in [-0.15, -0.1) is 0 Å². The molecule has 0 spiro atoms. The van der Waals surface area contributed by atoms with Gasteiger partial charge in [-0.3, -0.25) is 0 Å². The highest BCUT2D eigenvalue weighted by atomic mass is 19.1. The lowest BCUT2D eigenvalue weighted by Crippen LogP contribution is -2.35. The number of piperidine rings is 1. The molecule has 0 radical (unpaired) electrons. The van der Waals surface area contributed by atoms with E-state index in [2.05, 4.69) is 28.9 Å². The monoisotopic (exact) mass is 331 g/mol. The zero-order valence-corrected chi connectivity index (χ0v) is 14.5. The first kappa shape index (κ1) is 17.1. The quantitative estimate of drug-likeness (QED) is 0.807. The van der Waals surface area contributed by atoms with E-state index in [4.69, 9.17) is 4.52 Å². The van der Waals surface area contributed by atoms with E-state index in [0.29, 0.717) is 11.8 Å². The summed E-state index contributed by atoms with van der Waals surface area (Å²) in [6.45, 7) is 7.28. The number of halogens is 1. The second-order valence-corrected chi connectivity index (χ2v) is 7.17. The molecule has 1 aliphatic rings. The number of aromatic nitrogens is 2. The van der Waals surface area contributed by atoms with Gasteiger partial charge in [-0.05, 0) is 49.4 Å². The van der Waals surface area contributed by atoms with Crippen LogP contribution in [0.2, 0.25) is 0 Å². The fourth-order valence-electron chi connectivity index (χ4n) is 3.32. The Morgan fingerprint density at radius 1 is 1.38 bits per heavy atom.